The van der Waals surface area contributed by atoms with Crippen LogP contribution in [0.25, 0.3) is 0 Å². The zero-order valence-corrected chi connectivity index (χ0v) is 11.2. The number of carbonyl (C=O) groups is 2. The first-order valence-corrected chi connectivity index (χ1v) is 6.21. The van der Waals surface area contributed by atoms with Gasteiger partial charge in [-0.25, -0.2) is 4.79 Å². The monoisotopic (exact) mass is 252 g/mol. The molecule has 0 N–H and O–H groups in total. The molecule has 0 aliphatic carbocycles. The lowest BCUT2D eigenvalue weighted by Gasteiger charge is -2.32. The van der Waals surface area contributed by atoms with Gasteiger partial charge in [-0.15, -0.1) is 0 Å². The van der Waals surface area contributed by atoms with Crippen molar-refractivity contribution in [2.24, 2.45) is 5.92 Å². The number of amides is 1. The predicted octanol–water partition coefficient (Wildman–Crippen LogP) is 2.12. The molecule has 1 fully saturated rings. The van der Waals surface area contributed by atoms with Crippen molar-refractivity contribution in [3.63, 3.8) is 0 Å². The molecule has 1 aliphatic heterocycles. The molecule has 0 radical (unpaired) electrons. The lowest BCUT2D eigenvalue weighted by molar-refractivity contribution is -0.123. The van der Waals surface area contributed by atoms with Gasteiger partial charge in [0.15, 0.2) is 0 Å². The smallest absolute Gasteiger partial charge is 0.410 e. The van der Waals surface area contributed by atoms with Crippen LogP contribution in [0.4, 0.5) is 4.79 Å². The van der Waals surface area contributed by atoms with Crippen molar-refractivity contribution in [2.75, 3.05) is 13.1 Å². The van der Waals surface area contributed by atoms with Gasteiger partial charge < -0.3 is 9.64 Å². The van der Waals surface area contributed by atoms with Crippen LogP contribution >= 0.6 is 0 Å². The molecule has 0 aromatic carbocycles. The summed E-state index contributed by atoms with van der Waals surface area (Å²) in [6.07, 6.45) is 0.894. The molecule has 1 aliphatic rings. The van der Waals surface area contributed by atoms with Gasteiger partial charge in [-0.2, -0.15) is 5.26 Å². The van der Waals surface area contributed by atoms with Crippen LogP contribution in [-0.4, -0.2) is 35.5 Å². The normalized spacial score (nSPS) is 17.1. The molecule has 100 valence electrons. The summed E-state index contributed by atoms with van der Waals surface area (Å²) in [5, 5.41) is 8.48. The molecule has 0 bridgehead atoms. The SMILES string of the molecule is CC(C)(C)OC(=O)N1CCC(C(=O)CC#N)CC1. The number of hydrogen-bond donors (Lipinski definition) is 0. The van der Waals surface area contributed by atoms with Crippen LogP contribution in [0.2, 0.25) is 0 Å². The molecule has 0 saturated carbocycles. The minimum atomic E-state index is -0.495. The number of carbonyl (C=O) groups excluding carboxylic acids is 2. The summed E-state index contributed by atoms with van der Waals surface area (Å²) >= 11 is 0. The van der Waals surface area contributed by atoms with Gasteiger partial charge in [0.2, 0.25) is 0 Å². The van der Waals surface area contributed by atoms with Gasteiger partial charge in [0.25, 0.3) is 0 Å². The van der Waals surface area contributed by atoms with Crippen LogP contribution in [0.15, 0.2) is 0 Å². The fourth-order valence-corrected chi connectivity index (χ4v) is 1.93. The Hall–Kier alpha value is -1.57. The molecule has 0 unspecified atom stereocenters. The van der Waals surface area contributed by atoms with Gasteiger partial charge >= 0.3 is 6.09 Å². The third-order valence-electron chi connectivity index (χ3n) is 2.86. The summed E-state index contributed by atoms with van der Waals surface area (Å²) in [6, 6.07) is 1.88. The van der Waals surface area contributed by atoms with Crippen LogP contribution in [0.1, 0.15) is 40.0 Å². The Bertz CT molecular complexity index is 357. The maximum atomic E-state index is 11.8. The zero-order valence-electron chi connectivity index (χ0n) is 11.2. The van der Waals surface area contributed by atoms with Crippen LogP contribution in [-0.2, 0) is 9.53 Å². The van der Waals surface area contributed by atoms with Crippen molar-refractivity contribution in [3.05, 3.63) is 0 Å². The standard InChI is InChI=1S/C13H20N2O3/c1-13(2,3)18-12(17)15-8-5-10(6-9-15)11(16)4-7-14/h10H,4-6,8-9H2,1-3H3. The molecule has 1 heterocycles. The first-order valence-electron chi connectivity index (χ1n) is 6.21. The zero-order chi connectivity index (χ0) is 13.8. The van der Waals surface area contributed by atoms with E-state index in [4.69, 9.17) is 10.00 Å². The van der Waals surface area contributed by atoms with E-state index < -0.39 is 5.60 Å². The van der Waals surface area contributed by atoms with Crippen molar-refractivity contribution in [1.29, 1.82) is 5.26 Å². The Morgan fingerprint density at radius 3 is 2.33 bits per heavy atom. The third-order valence-corrected chi connectivity index (χ3v) is 2.86. The summed E-state index contributed by atoms with van der Waals surface area (Å²) < 4.78 is 5.27. The van der Waals surface area contributed by atoms with Crippen molar-refractivity contribution < 1.29 is 14.3 Å². The van der Waals surface area contributed by atoms with Crippen LogP contribution in [0.5, 0.6) is 0 Å². The van der Waals surface area contributed by atoms with Gasteiger partial charge in [-0.3, -0.25) is 4.79 Å². The summed E-state index contributed by atoms with van der Waals surface area (Å²) in [5.74, 6) is -0.0929. The lowest BCUT2D eigenvalue weighted by Crippen LogP contribution is -2.42. The Balaban J connectivity index is 2.42. The average molecular weight is 252 g/mol. The molecular weight excluding hydrogens is 232 g/mol. The fourth-order valence-electron chi connectivity index (χ4n) is 1.93. The maximum absolute atomic E-state index is 11.8. The lowest BCUT2D eigenvalue weighted by atomic mass is 9.91. The minimum absolute atomic E-state index is 0.0126. The van der Waals surface area contributed by atoms with E-state index in [-0.39, 0.29) is 24.2 Å². The predicted molar refractivity (Wildman–Crippen MR) is 65.8 cm³/mol. The van der Waals surface area contributed by atoms with Crippen molar-refractivity contribution in [2.45, 2.75) is 45.6 Å². The van der Waals surface area contributed by atoms with E-state index in [9.17, 15) is 9.59 Å². The largest absolute Gasteiger partial charge is 0.444 e. The number of nitrogens with zero attached hydrogens (tertiary/aromatic N) is 2. The number of ether oxygens (including phenoxy) is 1. The second-order valence-electron chi connectivity index (χ2n) is 5.54. The van der Waals surface area contributed by atoms with E-state index >= 15 is 0 Å². The highest BCUT2D eigenvalue weighted by Crippen LogP contribution is 2.21. The highest BCUT2D eigenvalue weighted by molar-refractivity contribution is 5.83. The topological polar surface area (TPSA) is 70.4 Å². The van der Waals surface area contributed by atoms with Gasteiger partial charge in [0.1, 0.15) is 11.4 Å². The highest BCUT2D eigenvalue weighted by Gasteiger charge is 2.29. The van der Waals surface area contributed by atoms with Crippen molar-refractivity contribution in [3.8, 4) is 6.07 Å². The summed E-state index contributed by atoms with van der Waals surface area (Å²) in [5.41, 5.74) is -0.495. The van der Waals surface area contributed by atoms with Crippen LogP contribution in [0, 0.1) is 17.2 Å². The molecule has 1 rings (SSSR count). The second kappa shape index (κ2) is 5.85. The first-order chi connectivity index (χ1) is 8.33. The summed E-state index contributed by atoms with van der Waals surface area (Å²) in [6.45, 7) is 6.53. The summed E-state index contributed by atoms with van der Waals surface area (Å²) in [7, 11) is 0. The summed E-state index contributed by atoms with van der Waals surface area (Å²) in [4.78, 5) is 25.0. The van der Waals surface area contributed by atoms with E-state index in [0.717, 1.165) is 0 Å². The number of piperidine rings is 1. The molecule has 5 heteroatoms. The van der Waals surface area contributed by atoms with Crippen LogP contribution in [0.3, 0.4) is 0 Å². The Labute approximate surface area is 108 Å². The molecule has 0 aromatic heterocycles. The first kappa shape index (κ1) is 14.5. The number of Topliss-reactive ketones (excluding diaryl/α,β-unsaturated/α-hetero) is 1. The minimum Gasteiger partial charge on any atom is -0.444 e. The average Bonchev–Trinajstić information content (AvgIpc) is 2.27. The fraction of sp³-hybridized carbons (Fsp3) is 0.769. The van der Waals surface area contributed by atoms with Gasteiger partial charge in [-0.05, 0) is 33.6 Å². The van der Waals surface area contributed by atoms with Gasteiger partial charge in [0.05, 0.1) is 12.5 Å². The van der Waals surface area contributed by atoms with Gasteiger partial charge in [-0.1, -0.05) is 0 Å². The number of likely N-dealkylation sites (tertiary alicyclic amines) is 1. The van der Waals surface area contributed by atoms with Crippen molar-refractivity contribution in [1.82, 2.24) is 4.90 Å². The molecule has 1 amide bonds. The van der Waals surface area contributed by atoms with E-state index in [1.165, 1.54) is 0 Å². The van der Waals surface area contributed by atoms with E-state index in [1.54, 1.807) is 4.90 Å². The number of nitriles is 1. The second-order valence-corrected chi connectivity index (χ2v) is 5.54. The quantitative estimate of drug-likeness (QED) is 0.754. The number of hydrogen-bond acceptors (Lipinski definition) is 4. The molecule has 18 heavy (non-hydrogen) atoms. The molecular formula is C13H20N2O3. The third kappa shape index (κ3) is 4.36. The van der Waals surface area contributed by atoms with E-state index in [2.05, 4.69) is 0 Å². The molecule has 1 saturated heterocycles. The Kier molecular flexibility index (Phi) is 4.71. The molecule has 0 atom stereocenters. The highest BCUT2D eigenvalue weighted by atomic mass is 16.6. The van der Waals surface area contributed by atoms with E-state index in [0.29, 0.717) is 25.9 Å². The number of rotatable bonds is 2. The van der Waals surface area contributed by atoms with E-state index in [1.807, 2.05) is 26.8 Å². The molecule has 5 nitrogen and oxygen atoms in total. The molecule has 0 spiro atoms. The number of ketones is 1. The van der Waals surface area contributed by atoms with Crippen LogP contribution < -0.4 is 0 Å². The molecule has 0 aromatic rings. The van der Waals surface area contributed by atoms with Gasteiger partial charge in [0, 0.05) is 19.0 Å². The Morgan fingerprint density at radius 2 is 1.89 bits per heavy atom. The van der Waals surface area contributed by atoms with Crippen molar-refractivity contribution >= 4 is 11.9 Å². The Morgan fingerprint density at radius 1 is 1.33 bits per heavy atom. The maximum Gasteiger partial charge on any atom is 0.410 e.